The number of phenols is 1. The van der Waals surface area contributed by atoms with E-state index < -0.39 is 10.2 Å². The van der Waals surface area contributed by atoms with Crippen LogP contribution in [0.1, 0.15) is 31.7 Å². The highest BCUT2D eigenvalue weighted by Crippen LogP contribution is 2.24. The zero-order valence-corrected chi connectivity index (χ0v) is 12.1. The molecule has 0 saturated carbocycles. The van der Waals surface area contributed by atoms with Gasteiger partial charge < -0.3 is 5.11 Å². The number of phenolic OH excluding ortho intramolecular Hbond substituents is 1. The van der Waals surface area contributed by atoms with Crippen molar-refractivity contribution in [3.63, 3.8) is 0 Å². The van der Waals surface area contributed by atoms with Crippen LogP contribution in [0.3, 0.4) is 0 Å². The highest BCUT2D eigenvalue weighted by molar-refractivity contribution is 7.90. The summed E-state index contributed by atoms with van der Waals surface area (Å²) in [7, 11) is -3.51. The lowest BCUT2D eigenvalue weighted by molar-refractivity contribution is 0.270. The van der Waals surface area contributed by atoms with Crippen molar-refractivity contribution < 1.29 is 13.5 Å². The highest BCUT2D eigenvalue weighted by atomic mass is 32.2. The lowest BCUT2D eigenvalue weighted by Gasteiger charge is -2.32. The Balaban J connectivity index is 2.18. The summed E-state index contributed by atoms with van der Waals surface area (Å²) in [6.07, 6.45) is 2.88. The summed E-state index contributed by atoms with van der Waals surface area (Å²) in [4.78, 5) is 0. The standard InChI is InChI=1S/C13H20N2O3S/c1-10-9-12(6-7-13(10)16)14-19(17,18)15-8-4-3-5-11(15)2/h6-7,9,11,14,16H,3-5,8H2,1-2H3. The summed E-state index contributed by atoms with van der Waals surface area (Å²) in [6.45, 7) is 4.23. The topological polar surface area (TPSA) is 69.6 Å². The van der Waals surface area contributed by atoms with Gasteiger partial charge in [0.25, 0.3) is 0 Å². The monoisotopic (exact) mass is 284 g/mol. The molecule has 0 aliphatic carbocycles. The Labute approximate surface area is 114 Å². The number of aryl methyl sites for hydroxylation is 1. The molecular weight excluding hydrogens is 264 g/mol. The lowest BCUT2D eigenvalue weighted by Crippen LogP contribution is -2.44. The van der Waals surface area contributed by atoms with Gasteiger partial charge in [-0.1, -0.05) is 6.42 Å². The molecule has 106 valence electrons. The molecule has 1 aliphatic rings. The van der Waals surface area contributed by atoms with Crippen molar-refractivity contribution in [3.05, 3.63) is 23.8 Å². The molecular formula is C13H20N2O3S. The smallest absolute Gasteiger partial charge is 0.301 e. The molecule has 1 saturated heterocycles. The largest absolute Gasteiger partial charge is 0.508 e. The Morgan fingerprint density at radius 1 is 1.37 bits per heavy atom. The number of rotatable bonds is 3. The second-order valence-electron chi connectivity index (χ2n) is 5.06. The van der Waals surface area contributed by atoms with E-state index >= 15 is 0 Å². The molecule has 2 N–H and O–H groups in total. The van der Waals surface area contributed by atoms with E-state index in [0.29, 0.717) is 17.8 Å². The first-order chi connectivity index (χ1) is 8.90. The van der Waals surface area contributed by atoms with E-state index in [1.54, 1.807) is 19.1 Å². The second kappa shape index (κ2) is 5.38. The molecule has 19 heavy (non-hydrogen) atoms. The molecule has 0 amide bonds. The van der Waals surface area contributed by atoms with Gasteiger partial charge in [-0.15, -0.1) is 0 Å². The minimum Gasteiger partial charge on any atom is -0.508 e. The molecule has 6 heteroatoms. The number of piperidine rings is 1. The summed E-state index contributed by atoms with van der Waals surface area (Å²) in [5.74, 6) is 0.161. The average molecular weight is 284 g/mol. The third-order valence-corrected chi connectivity index (χ3v) is 5.15. The van der Waals surface area contributed by atoms with Crippen molar-refractivity contribution in [1.82, 2.24) is 4.31 Å². The Kier molecular flexibility index (Phi) is 4.01. The van der Waals surface area contributed by atoms with Crippen molar-refractivity contribution in [1.29, 1.82) is 0 Å². The molecule has 1 aromatic rings. The molecule has 0 bridgehead atoms. The first-order valence-electron chi connectivity index (χ1n) is 6.49. The molecule has 2 rings (SSSR count). The van der Waals surface area contributed by atoms with Crippen molar-refractivity contribution in [2.75, 3.05) is 11.3 Å². The molecule has 1 aromatic carbocycles. The molecule has 1 atom stereocenters. The van der Waals surface area contributed by atoms with Crippen LogP contribution < -0.4 is 4.72 Å². The predicted molar refractivity (Wildman–Crippen MR) is 75.4 cm³/mol. The fraction of sp³-hybridized carbons (Fsp3) is 0.538. The number of hydrogen-bond donors (Lipinski definition) is 2. The zero-order valence-electron chi connectivity index (χ0n) is 11.3. The van der Waals surface area contributed by atoms with Crippen molar-refractivity contribution in [3.8, 4) is 5.75 Å². The lowest BCUT2D eigenvalue weighted by atomic mass is 10.1. The number of aromatic hydroxyl groups is 1. The van der Waals surface area contributed by atoms with Crippen LogP contribution in [-0.4, -0.2) is 30.4 Å². The van der Waals surface area contributed by atoms with E-state index in [-0.39, 0.29) is 11.8 Å². The number of nitrogens with zero attached hydrogens (tertiary/aromatic N) is 1. The number of anilines is 1. The van der Waals surface area contributed by atoms with E-state index in [1.807, 2.05) is 6.92 Å². The molecule has 0 spiro atoms. The molecule has 1 heterocycles. The van der Waals surface area contributed by atoms with E-state index in [1.165, 1.54) is 10.4 Å². The molecule has 0 radical (unpaired) electrons. The minimum atomic E-state index is -3.51. The van der Waals surface area contributed by atoms with Crippen LogP contribution in [0.2, 0.25) is 0 Å². The SMILES string of the molecule is Cc1cc(NS(=O)(=O)N2CCCCC2C)ccc1O. The van der Waals surface area contributed by atoms with Crippen molar-refractivity contribution >= 4 is 15.9 Å². The van der Waals surface area contributed by atoms with E-state index in [0.717, 1.165) is 19.3 Å². The maximum absolute atomic E-state index is 12.3. The molecule has 1 unspecified atom stereocenters. The van der Waals surface area contributed by atoms with Gasteiger partial charge in [0, 0.05) is 12.6 Å². The fourth-order valence-electron chi connectivity index (χ4n) is 2.36. The van der Waals surface area contributed by atoms with Gasteiger partial charge in [-0.3, -0.25) is 4.72 Å². The highest BCUT2D eigenvalue weighted by Gasteiger charge is 2.29. The van der Waals surface area contributed by atoms with Gasteiger partial charge in [0.2, 0.25) is 0 Å². The number of nitrogens with one attached hydrogen (secondary N) is 1. The van der Waals surface area contributed by atoms with Crippen LogP contribution >= 0.6 is 0 Å². The van der Waals surface area contributed by atoms with Gasteiger partial charge in [-0.05, 0) is 50.5 Å². The maximum atomic E-state index is 12.3. The van der Waals surface area contributed by atoms with Gasteiger partial charge >= 0.3 is 10.2 Å². The van der Waals surface area contributed by atoms with Crippen LogP contribution in [0, 0.1) is 6.92 Å². The van der Waals surface area contributed by atoms with Crippen LogP contribution in [0.4, 0.5) is 5.69 Å². The van der Waals surface area contributed by atoms with Gasteiger partial charge in [-0.25, -0.2) is 0 Å². The first-order valence-corrected chi connectivity index (χ1v) is 7.93. The second-order valence-corrected chi connectivity index (χ2v) is 6.69. The van der Waals surface area contributed by atoms with Gasteiger partial charge in [-0.2, -0.15) is 12.7 Å². The van der Waals surface area contributed by atoms with Gasteiger partial charge in [0.15, 0.2) is 0 Å². The van der Waals surface area contributed by atoms with Gasteiger partial charge in [0.05, 0.1) is 5.69 Å². The first kappa shape index (κ1) is 14.1. The van der Waals surface area contributed by atoms with Crippen molar-refractivity contribution in [2.24, 2.45) is 0 Å². The summed E-state index contributed by atoms with van der Waals surface area (Å²) >= 11 is 0. The third kappa shape index (κ3) is 3.19. The average Bonchev–Trinajstić information content (AvgIpc) is 2.34. The van der Waals surface area contributed by atoms with Crippen molar-refractivity contribution in [2.45, 2.75) is 39.2 Å². The van der Waals surface area contributed by atoms with Crippen LogP contribution in [0.15, 0.2) is 18.2 Å². The predicted octanol–water partition coefficient (Wildman–Crippen LogP) is 2.23. The Hall–Kier alpha value is -1.27. The summed E-state index contributed by atoms with van der Waals surface area (Å²) in [6, 6.07) is 4.72. The van der Waals surface area contributed by atoms with E-state index in [4.69, 9.17) is 0 Å². The summed E-state index contributed by atoms with van der Waals surface area (Å²) in [5.41, 5.74) is 1.12. The Morgan fingerprint density at radius 3 is 2.74 bits per heavy atom. The third-order valence-electron chi connectivity index (χ3n) is 3.49. The fourth-order valence-corrected chi connectivity index (χ4v) is 3.85. The maximum Gasteiger partial charge on any atom is 0.301 e. The van der Waals surface area contributed by atoms with E-state index in [9.17, 15) is 13.5 Å². The summed E-state index contributed by atoms with van der Waals surface area (Å²) in [5, 5.41) is 9.45. The zero-order chi connectivity index (χ0) is 14.0. The summed E-state index contributed by atoms with van der Waals surface area (Å²) < 4.78 is 28.7. The number of hydrogen-bond acceptors (Lipinski definition) is 3. The molecule has 1 aliphatic heterocycles. The Bertz CT molecular complexity index is 557. The quantitative estimate of drug-likeness (QED) is 0.836. The van der Waals surface area contributed by atoms with Crippen LogP contribution in [0.25, 0.3) is 0 Å². The van der Waals surface area contributed by atoms with E-state index in [2.05, 4.69) is 4.72 Å². The van der Waals surface area contributed by atoms with Crippen LogP contribution in [0.5, 0.6) is 5.75 Å². The normalized spacial score (nSPS) is 21.3. The Morgan fingerprint density at radius 2 is 2.11 bits per heavy atom. The molecule has 0 aromatic heterocycles. The molecule has 5 nitrogen and oxygen atoms in total. The van der Waals surface area contributed by atoms with Crippen LogP contribution in [-0.2, 0) is 10.2 Å². The minimum absolute atomic E-state index is 0.0319. The molecule has 1 fully saturated rings. The van der Waals surface area contributed by atoms with Gasteiger partial charge in [0.1, 0.15) is 5.75 Å². The number of benzene rings is 1.